The van der Waals surface area contributed by atoms with E-state index < -0.39 is 0 Å². The normalized spacial score (nSPS) is 16.9. The SMILES string of the molecule is COc1ccc(C2CCOCC2)c2c1CC(NC(=O)c1cnc(C)[nH]1)=N2. The number of hydrogen-bond acceptors (Lipinski definition) is 5. The number of imidazole rings is 1. The molecule has 7 nitrogen and oxygen atoms in total. The fourth-order valence-electron chi connectivity index (χ4n) is 3.62. The van der Waals surface area contributed by atoms with E-state index in [1.807, 2.05) is 13.0 Å². The van der Waals surface area contributed by atoms with E-state index in [4.69, 9.17) is 14.5 Å². The third kappa shape index (κ3) is 3.10. The average Bonchev–Trinajstić information content (AvgIpc) is 3.27. The second-order valence-electron chi connectivity index (χ2n) is 6.64. The number of rotatable bonds is 3. The van der Waals surface area contributed by atoms with Gasteiger partial charge in [-0.3, -0.25) is 4.79 Å². The number of H-pyrrole nitrogens is 1. The van der Waals surface area contributed by atoms with Crippen molar-refractivity contribution in [1.82, 2.24) is 15.3 Å². The van der Waals surface area contributed by atoms with Gasteiger partial charge in [0, 0.05) is 25.2 Å². The number of amides is 1. The smallest absolute Gasteiger partial charge is 0.274 e. The molecule has 0 spiro atoms. The van der Waals surface area contributed by atoms with Crippen molar-refractivity contribution in [2.45, 2.75) is 32.1 Å². The first-order valence-corrected chi connectivity index (χ1v) is 8.83. The van der Waals surface area contributed by atoms with Gasteiger partial charge in [0.25, 0.3) is 5.91 Å². The molecule has 1 amide bonds. The second kappa shape index (κ2) is 6.92. The quantitative estimate of drug-likeness (QED) is 0.887. The van der Waals surface area contributed by atoms with Crippen LogP contribution >= 0.6 is 0 Å². The van der Waals surface area contributed by atoms with Gasteiger partial charge < -0.3 is 19.8 Å². The zero-order valence-electron chi connectivity index (χ0n) is 15.0. The number of carbonyl (C=O) groups excluding carboxylic acids is 1. The third-order valence-electron chi connectivity index (χ3n) is 4.95. The number of nitrogens with one attached hydrogen (secondary N) is 2. The fraction of sp³-hybridized carbons (Fsp3) is 0.421. The maximum atomic E-state index is 12.4. The van der Waals surface area contributed by atoms with Crippen LogP contribution in [0.4, 0.5) is 5.69 Å². The number of aromatic amines is 1. The standard InChI is InChI=1S/C19H22N4O3/c1-11-20-10-15(21-11)19(24)23-17-9-14-16(25-2)4-3-13(18(14)22-17)12-5-7-26-8-6-12/h3-4,10,12H,5-9H2,1-2H3,(H,20,21)(H,22,23,24). The Labute approximate surface area is 151 Å². The first-order chi connectivity index (χ1) is 12.7. The predicted molar refractivity (Wildman–Crippen MR) is 97.4 cm³/mol. The number of fused-ring (bicyclic) bond motifs is 1. The van der Waals surface area contributed by atoms with Gasteiger partial charge in [0.05, 0.1) is 19.0 Å². The molecule has 4 rings (SSSR count). The van der Waals surface area contributed by atoms with Gasteiger partial charge in [-0.05, 0) is 37.3 Å². The number of carbonyl (C=O) groups is 1. The summed E-state index contributed by atoms with van der Waals surface area (Å²) < 4.78 is 11.0. The summed E-state index contributed by atoms with van der Waals surface area (Å²) in [5.41, 5.74) is 3.61. The maximum Gasteiger partial charge on any atom is 0.274 e. The number of nitrogens with zero attached hydrogens (tertiary/aromatic N) is 2. The van der Waals surface area contributed by atoms with Crippen LogP contribution in [0.3, 0.4) is 0 Å². The van der Waals surface area contributed by atoms with Crippen molar-refractivity contribution in [3.05, 3.63) is 41.0 Å². The van der Waals surface area contributed by atoms with E-state index in [2.05, 4.69) is 21.4 Å². The number of benzene rings is 1. The van der Waals surface area contributed by atoms with Gasteiger partial charge in [0.1, 0.15) is 23.1 Å². The van der Waals surface area contributed by atoms with Crippen LogP contribution in [0.1, 0.15) is 46.2 Å². The summed E-state index contributed by atoms with van der Waals surface area (Å²) >= 11 is 0. The monoisotopic (exact) mass is 354 g/mol. The first kappa shape index (κ1) is 16.8. The Hall–Kier alpha value is -2.67. The first-order valence-electron chi connectivity index (χ1n) is 8.83. The molecule has 1 aromatic carbocycles. The molecule has 2 aromatic rings. The number of aryl methyl sites for hydroxylation is 1. The van der Waals surface area contributed by atoms with Crippen LogP contribution in [0, 0.1) is 6.92 Å². The maximum absolute atomic E-state index is 12.4. The topological polar surface area (TPSA) is 88.6 Å². The van der Waals surface area contributed by atoms with Gasteiger partial charge in [-0.15, -0.1) is 0 Å². The average molecular weight is 354 g/mol. The summed E-state index contributed by atoms with van der Waals surface area (Å²) in [5, 5.41) is 2.90. The zero-order chi connectivity index (χ0) is 18.1. The van der Waals surface area contributed by atoms with Crippen molar-refractivity contribution in [3.63, 3.8) is 0 Å². The highest BCUT2D eigenvalue weighted by atomic mass is 16.5. The van der Waals surface area contributed by atoms with Gasteiger partial charge in [-0.25, -0.2) is 9.98 Å². The molecule has 2 N–H and O–H groups in total. The van der Waals surface area contributed by atoms with E-state index in [0.29, 0.717) is 29.7 Å². The number of aromatic nitrogens is 2. The third-order valence-corrected chi connectivity index (χ3v) is 4.95. The number of methoxy groups -OCH3 is 1. The Balaban J connectivity index is 1.61. The molecule has 3 heterocycles. The van der Waals surface area contributed by atoms with Crippen molar-refractivity contribution >= 4 is 17.4 Å². The summed E-state index contributed by atoms with van der Waals surface area (Å²) in [5.74, 6) is 2.34. The highest BCUT2D eigenvalue weighted by Crippen LogP contribution is 2.42. The molecule has 26 heavy (non-hydrogen) atoms. The molecule has 0 atom stereocenters. The molecule has 1 fully saturated rings. The number of ether oxygens (including phenoxy) is 2. The molecule has 7 heteroatoms. The largest absolute Gasteiger partial charge is 0.496 e. The summed E-state index contributed by atoms with van der Waals surface area (Å²) in [7, 11) is 1.66. The van der Waals surface area contributed by atoms with Crippen molar-refractivity contribution in [1.29, 1.82) is 0 Å². The van der Waals surface area contributed by atoms with E-state index in [9.17, 15) is 4.79 Å². The molecule has 136 valence electrons. The molecule has 0 bridgehead atoms. The Morgan fingerprint density at radius 1 is 1.35 bits per heavy atom. The summed E-state index contributed by atoms with van der Waals surface area (Å²) in [4.78, 5) is 24.1. The van der Waals surface area contributed by atoms with Crippen LogP contribution in [-0.2, 0) is 11.2 Å². The highest BCUT2D eigenvalue weighted by Gasteiger charge is 2.27. The minimum absolute atomic E-state index is 0.233. The molecule has 0 aliphatic carbocycles. The van der Waals surface area contributed by atoms with Gasteiger partial charge >= 0.3 is 0 Å². The molecular weight excluding hydrogens is 332 g/mol. The Morgan fingerprint density at radius 2 is 2.15 bits per heavy atom. The van der Waals surface area contributed by atoms with Crippen LogP contribution in [0.15, 0.2) is 23.3 Å². The Kier molecular flexibility index (Phi) is 4.46. The van der Waals surface area contributed by atoms with Crippen molar-refractivity contribution in [2.24, 2.45) is 4.99 Å². The van der Waals surface area contributed by atoms with Gasteiger partial charge in [0.2, 0.25) is 0 Å². The Bertz CT molecular complexity index is 866. The van der Waals surface area contributed by atoms with Crippen LogP contribution in [0.25, 0.3) is 0 Å². The number of hydrogen-bond donors (Lipinski definition) is 2. The molecular formula is C19H22N4O3. The molecule has 1 aromatic heterocycles. The predicted octanol–water partition coefficient (Wildman–Crippen LogP) is 2.64. The van der Waals surface area contributed by atoms with Crippen molar-refractivity contribution < 1.29 is 14.3 Å². The molecule has 0 radical (unpaired) electrons. The van der Waals surface area contributed by atoms with Crippen molar-refractivity contribution in [3.8, 4) is 5.75 Å². The zero-order valence-corrected chi connectivity index (χ0v) is 15.0. The lowest BCUT2D eigenvalue weighted by Gasteiger charge is -2.24. The minimum atomic E-state index is -0.233. The van der Waals surface area contributed by atoms with Gasteiger partial charge in [-0.1, -0.05) is 6.07 Å². The van der Waals surface area contributed by atoms with Crippen LogP contribution in [0.2, 0.25) is 0 Å². The fourth-order valence-corrected chi connectivity index (χ4v) is 3.62. The number of aliphatic imine (C=N–C) groups is 1. The molecule has 1 saturated heterocycles. The van der Waals surface area contributed by atoms with E-state index in [1.54, 1.807) is 7.11 Å². The molecule has 0 saturated carbocycles. The van der Waals surface area contributed by atoms with Crippen molar-refractivity contribution in [2.75, 3.05) is 20.3 Å². The Morgan fingerprint density at radius 3 is 2.85 bits per heavy atom. The lowest BCUT2D eigenvalue weighted by molar-refractivity contribution is 0.0854. The summed E-state index contributed by atoms with van der Waals surface area (Å²) in [6.45, 7) is 3.36. The van der Waals surface area contributed by atoms with Crippen LogP contribution in [-0.4, -0.2) is 42.0 Å². The lowest BCUT2D eigenvalue weighted by atomic mass is 9.89. The van der Waals surface area contributed by atoms with E-state index >= 15 is 0 Å². The molecule has 2 aliphatic rings. The summed E-state index contributed by atoms with van der Waals surface area (Å²) in [6, 6.07) is 4.10. The highest BCUT2D eigenvalue weighted by molar-refractivity contribution is 6.08. The molecule has 0 unspecified atom stereocenters. The minimum Gasteiger partial charge on any atom is -0.496 e. The summed E-state index contributed by atoms with van der Waals surface area (Å²) in [6.07, 6.45) is 4.06. The lowest BCUT2D eigenvalue weighted by Crippen LogP contribution is -2.30. The van der Waals surface area contributed by atoms with Gasteiger partial charge in [0.15, 0.2) is 0 Å². The van der Waals surface area contributed by atoms with Crippen LogP contribution < -0.4 is 10.1 Å². The number of amidine groups is 1. The van der Waals surface area contributed by atoms with Crippen LogP contribution in [0.5, 0.6) is 5.75 Å². The van der Waals surface area contributed by atoms with E-state index in [0.717, 1.165) is 43.1 Å². The van der Waals surface area contributed by atoms with Gasteiger partial charge in [-0.2, -0.15) is 0 Å². The van der Waals surface area contributed by atoms with E-state index in [-0.39, 0.29) is 5.91 Å². The molecule has 2 aliphatic heterocycles. The van der Waals surface area contributed by atoms with E-state index in [1.165, 1.54) is 11.8 Å². The second-order valence-corrected chi connectivity index (χ2v) is 6.64.